The lowest BCUT2D eigenvalue weighted by Gasteiger charge is -2.35. The number of rotatable bonds is 4. The lowest BCUT2D eigenvalue weighted by atomic mass is 9.75. The van der Waals surface area contributed by atoms with Gasteiger partial charge in [0.2, 0.25) is 0 Å². The topological polar surface area (TPSA) is 12.0 Å². The summed E-state index contributed by atoms with van der Waals surface area (Å²) in [5, 5.41) is 3.52. The number of hydrogen-bond donors (Lipinski definition) is 1. The molecule has 1 atom stereocenters. The zero-order valence-electron chi connectivity index (χ0n) is 11.8. The summed E-state index contributed by atoms with van der Waals surface area (Å²) in [6.45, 7) is 5.36. The molecular weight excluding hydrogens is 305 g/mol. The Morgan fingerprint density at radius 2 is 2.00 bits per heavy atom. The summed E-state index contributed by atoms with van der Waals surface area (Å²) < 4.78 is 14.8. The zero-order chi connectivity index (χ0) is 13.9. The Hall–Kier alpha value is -0.410. The van der Waals surface area contributed by atoms with Crippen LogP contribution in [0.25, 0.3) is 0 Å². The molecule has 1 N–H and O–H groups in total. The molecule has 19 heavy (non-hydrogen) atoms. The van der Waals surface area contributed by atoms with Crippen molar-refractivity contribution in [1.82, 2.24) is 5.32 Å². The molecule has 1 aliphatic rings. The largest absolute Gasteiger partial charge is 0.310 e. The van der Waals surface area contributed by atoms with Crippen LogP contribution >= 0.6 is 15.9 Å². The summed E-state index contributed by atoms with van der Waals surface area (Å²) in [4.78, 5) is 0. The zero-order valence-corrected chi connectivity index (χ0v) is 13.4. The van der Waals surface area contributed by atoms with Crippen LogP contribution in [0.3, 0.4) is 0 Å². The molecule has 1 saturated carbocycles. The number of nitrogens with one attached hydrogen (secondary N) is 1. The minimum atomic E-state index is -0.128. The van der Waals surface area contributed by atoms with Crippen LogP contribution in [0.5, 0.6) is 0 Å². The van der Waals surface area contributed by atoms with Gasteiger partial charge in [-0.05, 0) is 43.4 Å². The molecule has 1 fully saturated rings. The number of benzene rings is 1. The van der Waals surface area contributed by atoms with Crippen LogP contribution in [0, 0.1) is 11.2 Å². The van der Waals surface area contributed by atoms with Gasteiger partial charge in [0.15, 0.2) is 0 Å². The third kappa shape index (κ3) is 4.03. The van der Waals surface area contributed by atoms with Gasteiger partial charge in [-0.3, -0.25) is 0 Å². The molecule has 2 rings (SSSR count). The van der Waals surface area contributed by atoms with Gasteiger partial charge in [-0.2, -0.15) is 0 Å². The van der Waals surface area contributed by atoms with E-state index in [1.807, 2.05) is 13.0 Å². The molecule has 1 aromatic carbocycles. The second kappa shape index (κ2) is 6.36. The molecular formula is C16H23BrFN. The Balaban J connectivity index is 1.97. The van der Waals surface area contributed by atoms with Crippen molar-refractivity contribution in [2.24, 2.45) is 5.41 Å². The summed E-state index contributed by atoms with van der Waals surface area (Å²) in [5.41, 5.74) is 1.13. The van der Waals surface area contributed by atoms with E-state index in [1.54, 1.807) is 6.07 Å². The maximum atomic E-state index is 13.8. The van der Waals surface area contributed by atoms with Gasteiger partial charge in [-0.1, -0.05) is 42.1 Å². The molecule has 1 unspecified atom stereocenters. The molecule has 0 spiro atoms. The molecule has 3 heteroatoms. The lowest BCUT2D eigenvalue weighted by molar-refractivity contribution is 0.201. The highest BCUT2D eigenvalue weighted by atomic mass is 79.9. The standard InChI is InChI=1S/C16H23BrFN/c1-12(14-10-13(17)6-7-15(14)18)19-11-16(2)8-4-3-5-9-16/h6-7,10,12,19H,3-5,8-9,11H2,1-2H3. The molecule has 1 aromatic rings. The fourth-order valence-electron chi connectivity index (χ4n) is 2.94. The molecule has 0 bridgehead atoms. The van der Waals surface area contributed by atoms with Crippen LogP contribution < -0.4 is 5.32 Å². The summed E-state index contributed by atoms with van der Waals surface area (Å²) >= 11 is 3.41. The second-order valence-electron chi connectivity index (χ2n) is 6.14. The van der Waals surface area contributed by atoms with Crippen molar-refractivity contribution >= 4 is 15.9 Å². The first kappa shape index (κ1) is 15.0. The van der Waals surface area contributed by atoms with Gasteiger partial charge < -0.3 is 5.32 Å². The van der Waals surface area contributed by atoms with E-state index in [0.29, 0.717) is 5.41 Å². The predicted molar refractivity (Wildman–Crippen MR) is 81.7 cm³/mol. The van der Waals surface area contributed by atoms with E-state index >= 15 is 0 Å². The first-order valence-corrected chi connectivity index (χ1v) is 7.98. The van der Waals surface area contributed by atoms with Gasteiger partial charge in [-0.15, -0.1) is 0 Å². The number of halogens is 2. The van der Waals surface area contributed by atoms with E-state index in [-0.39, 0.29) is 11.9 Å². The maximum Gasteiger partial charge on any atom is 0.128 e. The molecule has 106 valence electrons. The fourth-order valence-corrected chi connectivity index (χ4v) is 3.32. The van der Waals surface area contributed by atoms with Gasteiger partial charge in [0.25, 0.3) is 0 Å². The van der Waals surface area contributed by atoms with Crippen molar-refractivity contribution in [3.8, 4) is 0 Å². The van der Waals surface area contributed by atoms with E-state index < -0.39 is 0 Å². The predicted octanol–water partition coefficient (Wildman–Crippen LogP) is 5.21. The maximum absolute atomic E-state index is 13.8. The van der Waals surface area contributed by atoms with Crippen molar-refractivity contribution in [3.63, 3.8) is 0 Å². The van der Waals surface area contributed by atoms with Crippen LogP contribution in [0.1, 0.15) is 57.6 Å². The minimum absolute atomic E-state index is 0.0521. The van der Waals surface area contributed by atoms with Crippen molar-refractivity contribution < 1.29 is 4.39 Å². The molecule has 0 aromatic heterocycles. The van der Waals surface area contributed by atoms with Crippen molar-refractivity contribution in [1.29, 1.82) is 0 Å². The Kier molecular flexibility index (Phi) is 5.02. The van der Waals surface area contributed by atoms with E-state index in [4.69, 9.17) is 0 Å². The van der Waals surface area contributed by atoms with E-state index in [9.17, 15) is 4.39 Å². The van der Waals surface area contributed by atoms with Gasteiger partial charge in [0, 0.05) is 22.6 Å². The minimum Gasteiger partial charge on any atom is -0.310 e. The molecule has 0 aliphatic heterocycles. The van der Waals surface area contributed by atoms with Gasteiger partial charge >= 0.3 is 0 Å². The number of hydrogen-bond acceptors (Lipinski definition) is 1. The highest BCUT2D eigenvalue weighted by molar-refractivity contribution is 9.10. The normalized spacial score (nSPS) is 20.2. The lowest BCUT2D eigenvalue weighted by Crippen LogP contribution is -2.35. The van der Waals surface area contributed by atoms with E-state index in [1.165, 1.54) is 38.2 Å². The smallest absolute Gasteiger partial charge is 0.128 e. The molecule has 1 aliphatic carbocycles. The summed E-state index contributed by atoms with van der Waals surface area (Å²) in [5.74, 6) is -0.128. The third-order valence-corrected chi connectivity index (χ3v) is 4.81. The average molecular weight is 328 g/mol. The Bertz CT molecular complexity index is 427. The van der Waals surface area contributed by atoms with Gasteiger partial charge in [0.1, 0.15) is 5.82 Å². The van der Waals surface area contributed by atoms with Crippen molar-refractivity contribution in [2.45, 2.75) is 52.0 Å². The van der Waals surface area contributed by atoms with E-state index in [0.717, 1.165) is 16.6 Å². The van der Waals surface area contributed by atoms with Crippen LogP contribution in [-0.2, 0) is 0 Å². The summed E-state index contributed by atoms with van der Waals surface area (Å²) in [6, 6.07) is 5.20. The molecule has 0 amide bonds. The monoisotopic (exact) mass is 327 g/mol. The van der Waals surface area contributed by atoms with Crippen LogP contribution in [0.4, 0.5) is 4.39 Å². The molecule has 0 radical (unpaired) electrons. The quantitative estimate of drug-likeness (QED) is 0.800. The molecule has 0 saturated heterocycles. The Labute approximate surface area is 124 Å². The first-order valence-electron chi connectivity index (χ1n) is 7.18. The summed E-state index contributed by atoms with van der Waals surface area (Å²) in [6.07, 6.45) is 6.60. The summed E-state index contributed by atoms with van der Waals surface area (Å²) in [7, 11) is 0. The molecule has 0 heterocycles. The van der Waals surface area contributed by atoms with Gasteiger partial charge in [-0.25, -0.2) is 4.39 Å². The highest BCUT2D eigenvalue weighted by Gasteiger charge is 2.27. The Morgan fingerprint density at radius 1 is 1.32 bits per heavy atom. The fraction of sp³-hybridized carbons (Fsp3) is 0.625. The third-order valence-electron chi connectivity index (χ3n) is 4.32. The van der Waals surface area contributed by atoms with E-state index in [2.05, 4.69) is 28.2 Å². The first-order chi connectivity index (χ1) is 9.00. The van der Waals surface area contributed by atoms with Crippen molar-refractivity contribution in [3.05, 3.63) is 34.1 Å². The Morgan fingerprint density at radius 3 is 2.68 bits per heavy atom. The van der Waals surface area contributed by atoms with Crippen LogP contribution in [0.15, 0.2) is 22.7 Å². The molecule has 1 nitrogen and oxygen atoms in total. The van der Waals surface area contributed by atoms with Crippen molar-refractivity contribution in [2.75, 3.05) is 6.54 Å². The SMILES string of the molecule is CC(NCC1(C)CCCCC1)c1cc(Br)ccc1F. The van der Waals surface area contributed by atoms with Crippen LogP contribution in [-0.4, -0.2) is 6.54 Å². The highest BCUT2D eigenvalue weighted by Crippen LogP contribution is 2.35. The van der Waals surface area contributed by atoms with Gasteiger partial charge in [0.05, 0.1) is 0 Å². The second-order valence-corrected chi connectivity index (χ2v) is 7.06. The van der Waals surface area contributed by atoms with Crippen LogP contribution in [0.2, 0.25) is 0 Å². The average Bonchev–Trinajstić information content (AvgIpc) is 2.40.